The fourth-order valence-corrected chi connectivity index (χ4v) is 3.68. The molecule has 1 aliphatic rings. The largest absolute Gasteiger partial charge is 0.494 e. The van der Waals surface area contributed by atoms with Gasteiger partial charge in [0.15, 0.2) is 0 Å². The van der Waals surface area contributed by atoms with Gasteiger partial charge in [0.05, 0.1) is 24.4 Å². The van der Waals surface area contributed by atoms with E-state index in [0.29, 0.717) is 39.9 Å². The number of hydrogen-bond acceptors (Lipinski definition) is 5. The number of aromatic nitrogens is 1. The predicted molar refractivity (Wildman–Crippen MR) is 124 cm³/mol. The summed E-state index contributed by atoms with van der Waals surface area (Å²) in [6.07, 6.45) is 1.63. The summed E-state index contributed by atoms with van der Waals surface area (Å²) in [6, 6.07) is 17.9. The van der Waals surface area contributed by atoms with Crippen LogP contribution in [0.2, 0.25) is 5.02 Å². The molecule has 0 radical (unpaired) electrons. The zero-order chi connectivity index (χ0) is 22.7. The van der Waals surface area contributed by atoms with Crippen LogP contribution in [0.15, 0.2) is 72.6 Å². The minimum atomic E-state index is -0.413. The number of carbonyl (C=O) groups is 2. The number of ether oxygens (including phenoxy) is 1. The number of carbonyl (C=O) groups excluding carboxylic acids is 2. The third kappa shape index (κ3) is 4.36. The van der Waals surface area contributed by atoms with Crippen molar-refractivity contribution < 1.29 is 14.3 Å². The summed E-state index contributed by atoms with van der Waals surface area (Å²) in [5, 5.41) is 3.70. The second kappa shape index (κ2) is 9.24. The minimum Gasteiger partial charge on any atom is -0.494 e. The van der Waals surface area contributed by atoms with Crippen LogP contribution in [0, 0.1) is 6.92 Å². The molecular formula is C25H22ClN3O3. The van der Waals surface area contributed by atoms with Gasteiger partial charge in [-0.1, -0.05) is 35.9 Å². The van der Waals surface area contributed by atoms with Crippen LogP contribution in [0.25, 0.3) is 5.57 Å². The molecule has 1 aliphatic heterocycles. The Morgan fingerprint density at radius 3 is 2.50 bits per heavy atom. The zero-order valence-electron chi connectivity index (χ0n) is 17.8. The number of hydrogen-bond donors (Lipinski definition) is 1. The second-order valence-corrected chi connectivity index (χ2v) is 7.75. The van der Waals surface area contributed by atoms with Crippen LogP contribution < -0.4 is 10.1 Å². The fraction of sp³-hybridized carbons (Fsp3) is 0.160. The first-order valence-electron chi connectivity index (χ1n) is 10.2. The summed E-state index contributed by atoms with van der Waals surface area (Å²) in [5.74, 6) is -0.102. The van der Waals surface area contributed by atoms with Gasteiger partial charge in [0.2, 0.25) is 0 Å². The highest BCUT2D eigenvalue weighted by Crippen LogP contribution is 2.33. The Labute approximate surface area is 191 Å². The van der Waals surface area contributed by atoms with E-state index in [1.165, 1.54) is 4.90 Å². The van der Waals surface area contributed by atoms with Crippen molar-refractivity contribution in [2.75, 3.05) is 11.9 Å². The van der Waals surface area contributed by atoms with E-state index in [9.17, 15) is 9.59 Å². The monoisotopic (exact) mass is 447 g/mol. The molecule has 2 aromatic carbocycles. The molecule has 1 N–H and O–H groups in total. The standard InChI is InChI=1S/C25H22ClN3O3/c1-3-32-20-11-8-17(9-12-20)22-23(28-21-14-18(26)10-7-16(21)2)25(31)29(24(22)30)15-19-6-4-5-13-27-19/h4-14,28H,3,15H2,1-2H3. The van der Waals surface area contributed by atoms with Crippen LogP contribution >= 0.6 is 11.6 Å². The van der Waals surface area contributed by atoms with Gasteiger partial charge in [0, 0.05) is 16.9 Å². The van der Waals surface area contributed by atoms with Crippen LogP contribution in [-0.4, -0.2) is 28.3 Å². The number of amides is 2. The highest BCUT2D eigenvalue weighted by atomic mass is 35.5. The maximum atomic E-state index is 13.4. The average molecular weight is 448 g/mol. The molecule has 2 heterocycles. The SMILES string of the molecule is CCOc1ccc(C2=C(Nc3cc(Cl)ccc3C)C(=O)N(Cc3ccccn3)C2=O)cc1. The maximum Gasteiger partial charge on any atom is 0.278 e. The third-order valence-electron chi connectivity index (χ3n) is 5.13. The molecule has 4 rings (SSSR count). The zero-order valence-corrected chi connectivity index (χ0v) is 18.5. The number of nitrogens with zero attached hydrogens (tertiary/aromatic N) is 2. The molecule has 0 saturated carbocycles. The summed E-state index contributed by atoms with van der Waals surface area (Å²) >= 11 is 6.16. The maximum absolute atomic E-state index is 13.4. The Kier molecular flexibility index (Phi) is 6.23. The number of anilines is 1. The molecule has 0 fully saturated rings. The van der Waals surface area contributed by atoms with Crippen molar-refractivity contribution in [3.05, 3.63) is 94.4 Å². The molecule has 0 unspecified atom stereocenters. The van der Waals surface area contributed by atoms with Gasteiger partial charge in [0.1, 0.15) is 11.4 Å². The number of halogens is 1. The van der Waals surface area contributed by atoms with Crippen LogP contribution in [0.1, 0.15) is 23.7 Å². The van der Waals surface area contributed by atoms with E-state index >= 15 is 0 Å². The highest BCUT2D eigenvalue weighted by Gasteiger charge is 2.39. The first kappa shape index (κ1) is 21.6. The van der Waals surface area contributed by atoms with Crippen molar-refractivity contribution in [3.8, 4) is 5.75 Å². The molecule has 0 saturated heterocycles. The quantitative estimate of drug-likeness (QED) is 0.525. The van der Waals surface area contributed by atoms with E-state index in [4.69, 9.17) is 16.3 Å². The minimum absolute atomic E-state index is 0.0821. The van der Waals surface area contributed by atoms with E-state index in [0.717, 1.165) is 5.56 Å². The third-order valence-corrected chi connectivity index (χ3v) is 5.36. The molecule has 0 bridgehead atoms. The Morgan fingerprint density at radius 1 is 1.03 bits per heavy atom. The van der Waals surface area contributed by atoms with Gasteiger partial charge in [-0.15, -0.1) is 0 Å². The lowest BCUT2D eigenvalue weighted by Crippen LogP contribution is -2.32. The first-order chi connectivity index (χ1) is 15.5. The summed E-state index contributed by atoms with van der Waals surface area (Å²) in [4.78, 5) is 32.2. The molecular weight excluding hydrogens is 426 g/mol. The van der Waals surface area contributed by atoms with E-state index in [1.54, 1.807) is 54.7 Å². The lowest BCUT2D eigenvalue weighted by Gasteiger charge is -2.15. The van der Waals surface area contributed by atoms with Crippen molar-refractivity contribution in [1.82, 2.24) is 9.88 Å². The molecule has 3 aromatic rings. The average Bonchev–Trinajstić information content (AvgIpc) is 3.02. The van der Waals surface area contributed by atoms with Crippen LogP contribution in [0.4, 0.5) is 5.69 Å². The van der Waals surface area contributed by atoms with Crippen molar-refractivity contribution in [1.29, 1.82) is 0 Å². The molecule has 7 heteroatoms. The molecule has 6 nitrogen and oxygen atoms in total. The van der Waals surface area contributed by atoms with Crippen molar-refractivity contribution in [3.63, 3.8) is 0 Å². The summed E-state index contributed by atoms with van der Waals surface area (Å²) in [7, 11) is 0. The fourth-order valence-electron chi connectivity index (χ4n) is 3.51. The highest BCUT2D eigenvalue weighted by molar-refractivity contribution is 6.36. The van der Waals surface area contributed by atoms with Gasteiger partial charge in [-0.2, -0.15) is 0 Å². The first-order valence-corrected chi connectivity index (χ1v) is 10.6. The number of aryl methyl sites for hydroxylation is 1. The number of nitrogens with one attached hydrogen (secondary N) is 1. The molecule has 0 spiro atoms. The second-order valence-electron chi connectivity index (χ2n) is 7.31. The van der Waals surface area contributed by atoms with Gasteiger partial charge in [-0.05, 0) is 61.4 Å². The van der Waals surface area contributed by atoms with Gasteiger partial charge < -0.3 is 10.1 Å². The van der Waals surface area contributed by atoms with Crippen LogP contribution in [-0.2, 0) is 16.1 Å². The van der Waals surface area contributed by atoms with Gasteiger partial charge >= 0.3 is 0 Å². The van der Waals surface area contributed by atoms with E-state index < -0.39 is 5.91 Å². The summed E-state index contributed by atoms with van der Waals surface area (Å²) in [5.41, 5.74) is 3.32. The smallest absolute Gasteiger partial charge is 0.278 e. The van der Waals surface area contributed by atoms with Crippen LogP contribution in [0.3, 0.4) is 0 Å². The normalized spacial score (nSPS) is 13.7. The lowest BCUT2D eigenvalue weighted by molar-refractivity contribution is -0.137. The molecule has 162 valence electrons. The van der Waals surface area contributed by atoms with Crippen molar-refractivity contribution in [2.24, 2.45) is 0 Å². The number of rotatable bonds is 7. The molecule has 0 aliphatic carbocycles. The van der Waals surface area contributed by atoms with Crippen molar-refractivity contribution in [2.45, 2.75) is 20.4 Å². The van der Waals surface area contributed by atoms with Gasteiger partial charge in [0.25, 0.3) is 11.8 Å². The van der Waals surface area contributed by atoms with E-state index in [1.807, 2.05) is 26.0 Å². The Morgan fingerprint density at radius 2 is 1.81 bits per heavy atom. The molecule has 1 aromatic heterocycles. The Bertz CT molecular complexity index is 1190. The van der Waals surface area contributed by atoms with Gasteiger partial charge in [-0.3, -0.25) is 19.5 Å². The Hall–Kier alpha value is -3.64. The van der Waals surface area contributed by atoms with Gasteiger partial charge in [-0.25, -0.2) is 0 Å². The number of benzene rings is 2. The van der Waals surface area contributed by atoms with E-state index in [-0.39, 0.29) is 18.1 Å². The topological polar surface area (TPSA) is 71.5 Å². The van der Waals surface area contributed by atoms with Crippen molar-refractivity contribution >= 4 is 34.7 Å². The molecule has 2 amide bonds. The molecule has 32 heavy (non-hydrogen) atoms. The van der Waals surface area contributed by atoms with E-state index in [2.05, 4.69) is 10.3 Å². The summed E-state index contributed by atoms with van der Waals surface area (Å²) < 4.78 is 5.51. The van der Waals surface area contributed by atoms with Crippen LogP contribution in [0.5, 0.6) is 5.75 Å². The Balaban J connectivity index is 1.75. The number of imide groups is 1. The lowest BCUT2D eigenvalue weighted by atomic mass is 10.0. The summed E-state index contributed by atoms with van der Waals surface area (Å²) in [6.45, 7) is 4.43. The molecule has 0 atom stereocenters. The predicted octanol–water partition coefficient (Wildman–Crippen LogP) is 4.83. The number of pyridine rings is 1.